The summed E-state index contributed by atoms with van der Waals surface area (Å²) in [5, 5.41) is 11.3. The fourth-order valence-corrected chi connectivity index (χ4v) is 2.78. The molecule has 0 unspecified atom stereocenters. The number of rotatable bonds is 10. The quantitative estimate of drug-likeness (QED) is 0.348. The number of hydrogen-bond donors (Lipinski definition) is 2. The van der Waals surface area contributed by atoms with Crippen molar-refractivity contribution in [2.75, 3.05) is 13.6 Å². The van der Waals surface area contributed by atoms with Crippen LogP contribution in [-0.4, -0.2) is 42.4 Å². The van der Waals surface area contributed by atoms with E-state index in [1.807, 2.05) is 33.8 Å². The van der Waals surface area contributed by atoms with Crippen LogP contribution in [0.5, 0.6) is 0 Å². The summed E-state index contributed by atoms with van der Waals surface area (Å²) in [5.74, 6) is 0.686. The van der Waals surface area contributed by atoms with E-state index in [1.54, 1.807) is 18.0 Å². The van der Waals surface area contributed by atoms with Crippen molar-refractivity contribution in [1.82, 2.24) is 10.2 Å². The molecule has 0 spiro atoms. The summed E-state index contributed by atoms with van der Waals surface area (Å²) < 4.78 is 0. The molecule has 1 rings (SSSR count). The smallest absolute Gasteiger partial charge is 0.253 e. The van der Waals surface area contributed by atoms with E-state index in [0.717, 1.165) is 24.0 Å². The van der Waals surface area contributed by atoms with Gasteiger partial charge in [0.05, 0.1) is 0 Å². The van der Waals surface area contributed by atoms with Crippen molar-refractivity contribution in [3.63, 3.8) is 0 Å². The van der Waals surface area contributed by atoms with Crippen LogP contribution in [0.2, 0.25) is 0 Å². The number of carbonyl (C=O) groups is 1. The molecule has 0 radical (unpaired) electrons. The highest BCUT2D eigenvalue weighted by molar-refractivity contribution is 5.99. The van der Waals surface area contributed by atoms with E-state index in [1.165, 1.54) is 0 Å². The first kappa shape index (κ1) is 21.9. The summed E-state index contributed by atoms with van der Waals surface area (Å²) in [6.45, 7) is 14.2. The van der Waals surface area contributed by atoms with E-state index in [4.69, 9.17) is 5.41 Å². The van der Waals surface area contributed by atoms with Crippen molar-refractivity contribution in [2.24, 2.45) is 4.99 Å². The summed E-state index contributed by atoms with van der Waals surface area (Å²) in [7, 11) is 1.79. The van der Waals surface area contributed by atoms with Crippen LogP contribution < -0.4 is 5.32 Å². The summed E-state index contributed by atoms with van der Waals surface area (Å²) >= 11 is 0. The first-order valence-electron chi connectivity index (χ1n) is 9.30. The largest absolute Gasteiger partial charge is 0.365 e. The number of likely N-dealkylation sites (N-methyl/N-ethyl adjacent to an activating group) is 1. The molecule has 144 valence electrons. The molecule has 0 aliphatic heterocycles. The molecule has 5 nitrogen and oxygen atoms in total. The molecule has 26 heavy (non-hydrogen) atoms. The van der Waals surface area contributed by atoms with Gasteiger partial charge in [-0.1, -0.05) is 18.6 Å². The standard InChI is InChI=1S/C21H34N4O/c1-8-10-16(22)11-14-25(7)20(26)18(15(3)4)17(9-2)19(23-6)24-21(5)12-13-21/h8,10,22,24H,6,9,11-14H2,1-5,7H3/b10-8-,19-17-,22-16?. The van der Waals surface area contributed by atoms with Crippen molar-refractivity contribution in [3.8, 4) is 0 Å². The minimum atomic E-state index is -0.0287. The predicted molar refractivity (Wildman–Crippen MR) is 111 cm³/mol. The maximum Gasteiger partial charge on any atom is 0.253 e. The third-order valence-electron chi connectivity index (χ3n) is 4.66. The minimum absolute atomic E-state index is 0.0287. The van der Waals surface area contributed by atoms with Gasteiger partial charge in [-0.2, -0.15) is 0 Å². The topological polar surface area (TPSA) is 68.6 Å². The highest BCUT2D eigenvalue weighted by Crippen LogP contribution is 2.36. The Balaban J connectivity index is 3.08. The Kier molecular flexibility index (Phi) is 8.00. The molecular formula is C21H34N4O. The lowest BCUT2D eigenvalue weighted by molar-refractivity contribution is -0.125. The summed E-state index contributed by atoms with van der Waals surface area (Å²) in [5.41, 5.74) is 3.17. The third kappa shape index (κ3) is 5.97. The number of nitrogens with zero attached hydrogens (tertiary/aromatic N) is 2. The lowest BCUT2D eigenvalue weighted by Gasteiger charge is -2.24. The van der Waals surface area contributed by atoms with E-state index in [0.29, 0.717) is 36.5 Å². The second kappa shape index (κ2) is 9.51. The van der Waals surface area contributed by atoms with E-state index in [9.17, 15) is 4.79 Å². The van der Waals surface area contributed by atoms with Gasteiger partial charge < -0.3 is 15.6 Å². The molecule has 1 fully saturated rings. The summed E-state index contributed by atoms with van der Waals surface area (Å²) in [6, 6.07) is 0. The van der Waals surface area contributed by atoms with Gasteiger partial charge in [0.2, 0.25) is 0 Å². The Morgan fingerprint density at radius 2 is 2.00 bits per heavy atom. The molecule has 0 aromatic rings. The Labute approximate surface area is 158 Å². The first-order chi connectivity index (χ1) is 12.2. The van der Waals surface area contributed by atoms with Crippen LogP contribution in [0.1, 0.15) is 60.3 Å². The first-order valence-corrected chi connectivity index (χ1v) is 9.30. The molecule has 1 saturated carbocycles. The fraction of sp³-hybridized carbons (Fsp3) is 0.571. The van der Waals surface area contributed by atoms with Crippen LogP contribution >= 0.6 is 0 Å². The number of allylic oxidation sites excluding steroid dienone is 3. The molecule has 0 aromatic carbocycles. The van der Waals surface area contributed by atoms with Gasteiger partial charge in [-0.15, -0.1) is 0 Å². The van der Waals surface area contributed by atoms with Gasteiger partial charge in [0, 0.05) is 42.4 Å². The average molecular weight is 359 g/mol. The molecule has 1 amide bonds. The highest BCUT2D eigenvalue weighted by atomic mass is 16.2. The SMILES string of the molecule is C=N/C(NC1(C)CC1)=C(\CC)C(C(=O)N(C)CCC(=N)/C=C\C)=C(C)C. The highest BCUT2D eigenvalue weighted by Gasteiger charge is 2.38. The van der Waals surface area contributed by atoms with Crippen molar-refractivity contribution in [1.29, 1.82) is 5.41 Å². The molecule has 0 saturated heterocycles. The van der Waals surface area contributed by atoms with Crippen LogP contribution in [0, 0.1) is 5.41 Å². The number of aliphatic imine (C=N–C) groups is 1. The maximum atomic E-state index is 13.1. The Bertz CT molecular complexity index is 647. The summed E-state index contributed by atoms with van der Waals surface area (Å²) in [6.07, 6.45) is 7.05. The van der Waals surface area contributed by atoms with E-state index < -0.39 is 0 Å². The molecule has 1 aliphatic rings. The monoisotopic (exact) mass is 358 g/mol. The van der Waals surface area contributed by atoms with Crippen LogP contribution in [0.4, 0.5) is 0 Å². The van der Waals surface area contributed by atoms with Crippen molar-refractivity contribution in [3.05, 3.63) is 34.7 Å². The lowest BCUT2D eigenvalue weighted by Crippen LogP contribution is -2.33. The maximum absolute atomic E-state index is 13.1. The van der Waals surface area contributed by atoms with Crippen molar-refractivity contribution >= 4 is 18.3 Å². The zero-order chi connectivity index (χ0) is 19.9. The van der Waals surface area contributed by atoms with Gasteiger partial charge in [-0.3, -0.25) is 4.79 Å². The molecule has 0 atom stereocenters. The van der Waals surface area contributed by atoms with Crippen LogP contribution in [0.15, 0.2) is 39.7 Å². The van der Waals surface area contributed by atoms with Gasteiger partial charge in [-0.25, -0.2) is 4.99 Å². The fourth-order valence-electron chi connectivity index (χ4n) is 2.78. The van der Waals surface area contributed by atoms with E-state index >= 15 is 0 Å². The van der Waals surface area contributed by atoms with Gasteiger partial charge in [0.25, 0.3) is 5.91 Å². The Morgan fingerprint density at radius 1 is 1.38 bits per heavy atom. The molecular weight excluding hydrogens is 324 g/mol. The predicted octanol–water partition coefficient (Wildman–Crippen LogP) is 4.23. The minimum Gasteiger partial charge on any atom is -0.365 e. The number of hydrogen-bond acceptors (Lipinski definition) is 4. The van der Waals surface area contributed by atoms with Gasteiger partial charge in [-0.05, 0) is 59.8 Å². The van der Waals surface area contributed by atoms with Gasteiger partial charge in [0.1, 0.15) is 5.82 Å². The normalized spacial score (nSPS) is 15.9. The number of carbonyl (C=O) groups excluding carboxylic acids is 1. The zero-order valence-corrected chi connectivity index (χ0v) is 17.2. The van der Waals surface area contributed by atoms with E-state index in [2.05, 4.69) is 24.0 Å². The number of amides is 1. The third-order valence-corrected chi connectivity index (χ3v) is 4.66. The van der Waals surface area contributed by atoms with Gasteiger partial charge >= 0.3 is 0 Å². The van der Waals surface area contributed by atoms with Crippen LogP contribution in [-0.2, 0) is 4.79 Å². The van der Waals surface area contributed by atoms with Gasteiger partial charge in [0.15, 0.2) is 0 Å². The molecule has 5 heteroatoms. The second-order valence-corrected chi connectivity index (χ2v) is 7.40. The van der Waals surface area contributed by atoms with E-state index in [-0.39, 0.29) is 11.4 Å². The Hall–Kier alpha value is -2.17. The van der Waals surface area contributed by atoms with Crippen molar-refractivity contribution in [2.45, 2.75) is 65.8 Å². The second-order valence-electron chi connectivity index (χ2n) is 7.40. The Morgan fingerprint density at radius 3 is 2.42 bits per heavy atom. The van der Waals surface area contributed by atoms with Crippen LogP contribution in [0.3, 0.4) is 0 Å². The summed E-state index contributed by atoms with van der Waals surface area (Å²) in [4.78, 5) is 19.0. The van der Waals surface area contributed by atoms with Crippen LogP contribution in [0.25, 0.3) is 0 Å². The molecule has 0 aromatic heterocycles. The molecule has 0 bridgehead atoms. The molecule has 2 N–H and O–H groups in total. The zero-order valence-electron chi connectivity index (χ0n) is 17.2. The average Bonchev–Trinajstić information content (AvgIpc) is 3.32. The van der Waals surface area contributed by atoms with Crippen molar-refractivity contribution < 1.29 is 4.79 Å². The molecule has 1 aliphatic carbocycles. The number of nitrogens with one attached hydrogen (secondary N) is 2. The molecule has 0 heterocycles. The lowest BCUT2D eigenvalue weighted by atomic mass is 9.97.